The van der Waals surface area contributed by atoms with E-state index in [1.165, 1.54) is 12.8 Å². The molecule has 122 valence electrons. The Morgan fingerprint density at radius 1 is 1.33 bits per heavy atom. The number of esters is 1. The highest BCUT2D eigenvalue weighted by Gasteiger charge is 2.40. The van der Waals surface area contributed by atoms with Gasteiger partial charge in [-0.3, -0.25) is 4.79 Å². The smallest absolute Gasteiger partial charge is 0.308 e. The lowest BCUT2D eigenvalue weighted by Gasteiger charge is -2.38. The maximum Gasteiger partial charge on any atom is 0.308 e. The molecule has 1 aliphatic heterocycles. The van der Waals surface area contributed by atoms with Crippen LogP contribution in [0.5, 0.6) is 0 Å². The Kier molecular flexibility index (Phi) is 6.09. The van der Waals surface area contributed by atoms with Crippen molar-refractivity contribution in [2.45, 2.75) is 85.0 Å². The molecule has 3 nitrogen and oxygen atoms in total. The summed E-state index contributed by atoms with van der Waals surface area (Å²) in [6, 6.07) is 0. The Balaban J connectivity index is 1.97. The van der Waals surface area contributed by atoms with Crippen LogP contribution in [0.4, 0.5) is 0 Å². The predicted molar refractivity (Wildman–Crippen MR) is 83.7 cm³/mol. The molecule has 2 fully saturated rings. The summed E-state index contributed by atoms with van der Waals surface area (Å²) in [5.74, 6) is 2.14. The van der Waals surface area contributed by atoms with Crippen LogP contribution in [-0.4, -0.2) is 18.4 Å². The molecular formula is C18H32O3. The SMILES string of the molecule is CCCC[C@@H]1CC(=O)O[C@@H]1O[C@@H]1C[C@H](C)CC[C@H]1C(C)C. The van der Waals surface area contributed by atoms with Crippen LogP contribution in [0.2, 0.25) is 0 Å². The molecule has 5 atom stereocenters. The van der Waals surface area contributed by atoms with Gasteiger partial charge in [0.15, 0.2) is 0 Å². The minimum absolute atomic E-state index is 0.0777. The molecule has 1 saturated carbocycles. The summed E-state index contributed by atoms with van der Waals surface area (Å²) in [5.41, 5.74) is 0. The van der Waals surface area contributed by atoms with E-state index in [1.54, 1.807) is 0 Å². The van der Waals surface area contributed by atoms with Gasteiger partial charge in [0.25, 0.3) is 0 Å². The maximum absolute atomic E-state index is 11.6. The van der Waals surface area contributed by atoms with Crippen LogP contribution in [0.3, 0.4) is 0 Å². The van der Waals surface area contributed by atoms with Crippen molar-refractivity contribution in [2.24, 2.45) is 23.7 Å². The van der Waals surface area contributed by atoms with Gasteiger partial charge in [-0.05, 0) is 37.0 Å². The second kappa shape index (κ2) is 7.62. The minimum Gasteiger partial charge on any atom is -0.435 e. The highest BCUT2D eigenvalue weighted by molar-refractivity contribution is 5.71. The van der Waals surface area contributed by atoms with Gasteiger partial charge in [-0.1, -0.05) is 47.0 Å². The molecule has 0 spiro atoms. The molecule has 2 rings (SSSR count). The average molecular weight is 296 g/mol. The molecule has 0 radical (unpaired) electrons. The molecule has 0 aromatic heterocycles. The highest BCUT2D eigenvalue weighted by Crippen LogP contribution is 2.38. The maximum atomic E-state index is 11.6. The van der Waals surface area contributed by atoms with Gasteiger partial charge in [0.05, 0.1) is 12.5 Å². The van der Waals surface area contributed by atoms with E-state index in [2.05, 4.69) is 27.7 Å². The predicted octanol–water partition coefficient (Wildman–Crippen LogP) is 4.54. The summed E-state index contributed by atoms with van der Waals surface area (Å²) >= 11 is 0. The number of carbonyl (C=O) groups is 1. The molecule has 0 bridgehead atoms. The van der Waals surface area contributed by atoms with Crippen LogP contribution >= 0.6 is 0 Å². The third-order valence-electron chi connectivity index (χ3n) is 5.26. The lowest BCUT2D eigenvalue weighted by atomic mass is 9.75. The van der Waals surface area contributed by atoms with Crippen molar-refractivity contribution >= 4 is 5.97 Å². The summed E-state index contributed by atoms with van der Waals surface area (Å²) in [5, 5.41) is 0. The van der Waals surface area contributed by atoms with Gasteiger partial charge >= 0.3 is 5.97 Å². The van der Waals surface area contributed by atoms with Crippen molar-refractivity contribution in [3.05, 3.63) is 0 Å². The van der Waals surface area contributed by atoms with Crippen LogP contribution < -0.4 is 0 Å². The number of rotatable bonds is 6. The van der Waals surface area contributed by atoms with Gasteiger partial charge in [-0.2, -0.15) is 0 Å². The highest BCUT2D eigenvalue weighted by atomic mass is 16.7. The molecule has 1 aliphatic carbocycles. The molecule has 0 N–H and O–H groups in total. The second-order valence-corrected chi connectivity index (χ2v) is 7.47. The third-order valence-corrected chi connectivity index (χ3v) is 5.26. The minimum atomic E-state index is -0.291. The van der Waals surface area contributed by atoms with Crippen molar-refractivity contribution in [1.29, 1.82) is 0 Å². The topological polar surface area (TPSA) is 35.5 Å². The molecule has 1 heterocycles. The zero-order valence-electron chi connectivity index (χ0n) is 14.1. The van der Waals surface area contributed by atoms with E-state index in [0.29, 0.717) is 18.3 Å². The van der Waals surface area contributed by atoms with Crippen molar-refractivity contribution < 1.29 is 14.3 Å². The van der Waals surface area contributed by atoms with E-state index >= 15 is 0 Å². The molecular weight excluding hydrogens is 264 g/mol. The first-order valence-corrected chi connectivity index (χ1v) is 8.86. The standard InChI is InChI=1S/C18H32O3/c1-5-6-7-14-11-17(19)21-18(14)20-16-10-13(4)8-9-15(16)12(2)3/h12-16,18H,5-11H2,1-4H3/t13-,14-,15+,16-,18+/m1/s1. The Morgan fingerprint density at radius 3 is 2.76 bits per heavy atom. The van der Waals surface area contributed by atoms with Crippen molar-refractivity contribution in [3.63, 3.8) is 0 Å². The van der Waals surface area contributed by atoms with Gasteiger partial charge in [0.1, 0.15) is 0 Å². The largest absolute Gasteiger partial charge is 0.435 e. The zero-order valence-corrected chi connectivity index (χ0v) is 14.1. The molecule has 0 unspecified atom stereocenters. The van der Waals surface area contributed by atoms with Crippen molar-refractivity contribution in [3.8, 4) is 0 Å². The van der Waals surface area contributed by atoms with Crippen LogP contribution in [-0.2, 0) is 14.3 Å². The van der Waals surface area contributed by atoms with E-state index in [0.717, 1.165) is 31.6 Å². The fourth-order valence-electron chi connectivity index (χ4n) is 3.87. The fraction of sp³-hybridized carbons (Fsp3) is 0.944. The summed E-state index contributed by atoms with van der Waals surface area (Å²) in [6.07, 6.45) is 7.51. The lowest BCUT2D eigenvalue weighted by molar-refractivity contribution is -0.196. The quantitative estimate of drug-likeness (QED) is 0.675. The van der Waals surface area contributed by atoms with E-state index in [-0.39, 0.29) is 24.3 Å². The Labute approximate surface area is 129 Å². The van der Waals surface area contributed by atoms with Gasteiger partial charge in [-0.25, -0.2) is 0 Å². The first kappa shape index (κ1) is 16.8. The van der Waals surface area contributed by atoms with Gasteiger partial charge < -0.3 is 9.47 Å². The molecule has 3 heteroatoms. The second-order valence-electron chi connectivity index (χ2n) is 7.47. The number of hydrogen-bond donors (Lipinski definition) is 0. The first-order valence-electron chi connectivity index (χ1n) is 8.86. The van der Waals surface area contributed by atoms with Crippen LogP contribution in [0.1, 0.15) is 72.6 Å². The summed E-state index contributed by atoms with van der Waals surface area (Å²) in [7, 11) is 0. The zero-order chi connectivity index (χ0) is 15.4. The molecule has 0 aromatic rings. The first-order chi connectivity index (χ1) is 10.0. The Morgan fingerprint density at radius 2 is 2.10 bits per heavy atom. The van der Waals surface area contributed by atoms with Crippen LogP contribution in [0.15, 0.2) is 0 Å². The fourth-order valence-corrected chi connectivity index (χ4v) is 3.87. The van der Waals surface area contributed by atoms with Crippen molar-refractivity contribution in [1.82, 2.24) is 0 Å². The Bertz CT molecular complexity index is 339. The molecule has 0 amide bonds. The van der Waals surface area contributed by atoms with Crippen LogP contribution in [0, 0.1) is 23.7 Å². The number of hydrogen-bond acceptors (Lipinski definition) is 3. The monoisotopic (exact) mass is 296 g/mol. The number of cyclic esters (lactones) is 1. The van der Waals surface area contributed by atoms with Crippen molar-refractivity contribution in [2.75, 3.05) is 0 Å². The summed E-state index contributed by atoms with van der Waals surface area (Å²) in [6.45, 7) is 9.06. The van der Waals surface area contributed by atoms with Gasteiger partial charge in [0.2, 0.25) is 6.29 Å². The number of carbonyl (C=O) groups excluding carboxylic acids is 1. The number of ether oxygens (including phenoxy) is 2. The number of unbranched alkanes of at least 4 members (excludes halogenated alkanes) is 1. The molecule has 1 saturated heterocycles. The van der Waals surface area contributed by atoms with Gasteiger partial charge in [-0.15, -0.1) is 0 Å². The molecule has 2 aliphatic rings. The summed E-state index contributed by atoms with van der Waals surface area (Å²) < 4.78 is 11.8. The van der Waals surface area contributed by atoms with E-state index in [9.17, 15) is 4.79 Å². The lowest BCUT2D eigenvalue weighted by Crippen LogP contribution is -2.38. The van der Waals surface area contributed by atoms with Gasteiger partial charge in [0, 0.05) is 5.92 Å². The van der Waals surface area contributed by atoms with Crippen LogP contribution in [0.25, 0.3) is 0 Å². The Hall–Kier alpha value is -0.570. The van der Waals surface area contributed by atoms with E-state index < -0.39 is 0 Å². The van der Waals surface area contributed by atoms with E-state index in [4.69, 9.17) is 9.47 Å². The normalized spacial score (nSPS) is 37.0. The molecule has 0 aromatic carbocycles. The van der Waals surface area contributed by atoms with E-state index in [1.807, 2.05) is 0 Å². The molecule has 21 heavy (non-hydrogen) atoms. The average Bonchev–Trinajstić information content (AvgIpc) is 2.76. The third kappa shape index (κ3) is 4.45. The summed E-state index contributed by atoms with van der Waals surface area (Å²) in [4.78, 5) is 11.6.